The fourth-order valence-corrected chi connectivity index (χ4v) is 2.04. The quantitative estimate of drug-likeness (QED) is 0.787. The highest BCUT2D eigenvalue weighted by atomic mass is 19.1. The maximum absolute atomic E-state index is 13.9. The van der Waals surface area contributed by atoms with Crippen LogP contribution in [0.4, 0.5) is 15.9 Å². The summed E-state index contributed by atoms with van der Waals surface area (Å²) in [5.74, 6) is 0.378. The van der Waals surface area contributed by atoms with Crippen molar-refractivity contribution in [1.82, 2.24) is 4.98 Å². The first-order valence-corrected chi connectivity index (χ1v) is 6.11. The van der Waals surface area contributed by atoms with Gasteiger partial charge in [0.2, 0.25) is 0 Å². The van der Waals surface area contributed by atoms with E-state index in [1.807, 2.05) is 13.8 Å². The van der Waals surface area contributed by atoms with Crippen LogP contribution in [0.5, 0.6) is 0 Å². The smallest absolute Gasteiger partial charge is 0.151 e. The molecule has 0 unspecified atom stereocenters. The first-order chi connectivity index (χ1) is 9.17. The van der Waals surface area contributed by atoms with E-state index in [2.05, 4.69) is 4.98 Å². The Morgan fingerprint density at radius 2 is 2.11 bits per heavy atom. The van der Waals surface area contributed by atoms with Crippen LogP contribution in [-0.4, -0.2) is 17.8 Å². The molecule has 0 spiro atoms. The highest BCUT2D eigenvalue weighted by molar-refractivity contribution is 5.76. The lowest BCUT2D eigenvalue weighted by atomic mass is 10.2. The van der Waals surface area contributed by atoms with Crippen LogP contribution in [0.3, 0.4) is 0 Å². The van der Waals surface area contributed by atoms with Crippen molar-refractivity contribution in [3.63, 3.8) is 0 Å². The average Bonchev–Trinajstić information content (AvgIpc) is 2.43. The minimum absolute atomic E-state index is 0.287. The van der Waals surface area contributed by atoms with Crippen molar-refractivity contribution < 1.29 is 9.18 Å². The molecular formula is C15H15FN2O. The molecule has 0 saturated heterocycles. The van der Waals surface area contributed by atoms with Gasteiger partial charge in [-0.05, 0) is 37.6 Å². The number of para-hydroxylation sites is 1. The number of halogens is 1. The van der Waals surface area contributed by atoms with Gasteiger partial charge in [0.05, 0.1) is 5.69 Å². The zero-order valence-corrected chi connectivity index (χ0v) is 10.9. The van der Waals surface area contributed by atoms with Crippen LogP contribution in [0.1, 0.15) is 22.8 Å². The van der Waals surface area contributed by atoms with E-state index in [0.29, 0.717) is 23.6 Å². The van der Waals surface area contributed by atoms with Gasteiger partial charge in [-0.2, -0.15) is 0 Å². The topological polar surface area (TPSA) is 33.2 Å². The molecule has 0 N–H and O–H groups in total. The number of rotatable bonds is 4. The Bertz CT molecular complexity index is 598. The van der Waals surface area contributed by atoms with Crippen LogP contribution < -0.4 is 4.90 Å². The van der Waals surface area contributed by atoms with Crippen molar-refractivity contribution in [2.45, 2.75) is 13.8 Å². The number of hydrogen-bond acceptors (Lipinski definition) is 3. The molecule has 0 radical (unpaired) electrons. The third kappa shape index (κ3) is 2.62. The van der Waals surface area contributed by atoms with E-state index in [9.17, 15) is 9.18 Å². The van der Waals surface area contributed by atoms with E-state index in [1.165, 1.54) is 12.3 Å². The zero-order valence-electron chi connectivity index (χ0n) is 10.9. The Morgan fingerprint density at radius 3 is 2.68 bits per heavy atom. The Hall–Kier alpha value is -2.23. The first kappa shape index (κ1) is 13.2. The maximum Gasteiger partial charge on any atom is 0.151 e. The molecule has 2 aromatic rings. The van der Waals surface area contributed by atoms with Crippen molar-refractivity contribution in [3.05, 3.63) is 53.5 Å². The number of aldehydes is 1. The molecule has 1 aromatic heterocycles. The minimum Gasteiger partial charge on any atom is -0.324 e. The molecule has 19 heavy (non-hydrogen) atoms. The lowest BCUT2D eigenvalue weighted by Gasteiger charge is -2.24. The summed E-state index contributed by atoms with van der Waals surface area (Å²) in [6, 6.07) is 8.33. The van der Waals surface area contributed by atoms with Crippen LogP contribution in [0.25, 0.3) is 0 Å². The molecule has 0 atom stereocenters. The summed E-state index contributed by atoms with van der Waals surface area (Å²) >= 11 is 0. The summed E-state index contributed by atoms with van der Waals surface area (Å²) in [4.78, 5) is 16.8. The predicted molar refractivity (Wildman–Crippen MR) is 73.4 cm³/mol. The molecule has 0 amide bonds. The largest absolute Gasteiger partial charge is 0.324 e. The fourth-order valence-electron chi connectivity index (χ4n) is 2.04. The number of aromatic nitrogens is 1. The van der Waals surface area contributed by atoms with E-state index < -0.39 is 0 Å². The van der Waals surface area contributed by atoms with Crippen LogP contribution in [0, 0.1) is 12.7 Å². The van der Waals surface area contributed by atoms with Gasteiger partial charge in [0, 0.05) is 18.3 Å². The molecule has 2 rings (SSSR count). The second-order valence-electron chi connectivity index (χ2n) is 4.22. The second-order valence-corrected chi connectivity index (χ2v) is 4.22. The van der Waals surface area contributed by atoms with Gasteiger partial charge in [0.1, 0.15) is 11.6 Å². The Kier molecular flexibility index (Phi) is 3.90. The van der Waals surface area contributed by atoms with Gasteiger partial charge in [-0.15, -0.1) is 0 Å². The molecule has 0 bridgehead atoms. The SMILES string of the molecule is CCN(c1ccccc1F)c1ncc(C=O)cc1C. The van der Waals surface area contributed by atoms with Crippen molar-refractivity contribution in [2.75, 3.05) is 11.4 Å². The number of benzene rings is 1. The Balaban J connectivity index is 2.48. The molecule has 0 aliphatic heterocycles. The molecule has 1 heterocycles. The lowest BCUT2D eigenvalue weighted by Crippen LogP contribution is -2.19. The molecule has 0 saturated carbocycles. The Morgan fingerprint density at radius 1 is 1.37 bits per heavy atom. The van der Waals surface area contributed by atoms with E-state index >= 15 is 0 Å². The standard InChI is InChI=1S/C15H15FN2O/c1-3-18(14-7-5-4-6-13(14)16)15-11(2)8-12(10-19)9-17-15/h4-10H,3H2,1-2H3. The minimum atomic E-state index is -0.287. The number of carbonyl (C=O) groups excluding carboxylic acids is 1. The molecule has 0 aliphatic carbocycles. The molecule has 4 heteroatoms. The lowest BCUT2D eigenvalue weighted by molar-refractivity contribution is 0.112. The van der Waals surface area contributed by atoms with Crippen molar-refractivity contribution in [1.29, 1.82) is 0 Å². The molecule has 98 valence electrons. The van der Waals surface area contributed by atoms with E-state index in [4.69, 9.17) is 0 Å². The van der Waals surface area contributed by atoms with E-state index in [0.717, 1.165) is 11.8 Å². The maximum atomic E-state index is 13.9. The van der Waals surface area contributed by atoms with Crippen LogP contribution in [0.15, 0.2) is 36.5 Å². The first-order valence-electron chi connectivity index (χ1n) is 6.11. The van der Waals surface area contributed by atoms with Gasteiger partial charge in [0.15, 0.2) is 6.29 Å². The van der Waals surface area contributed by atoms with Gasteiger partial charge >= 0.3 is 0 Å². The Labute approximate surface area is 111 Å². The number of pyridine rings is 1. The summed E-state index contributed by atoms with van der Waals surface area (Å²) in [5, 5.41) is 0. The van der Waals surface area contributed by atoms with Gasteiger partial charge < -0.3 is 4.90 Å². The van der Waals surface area contributed by atoms with E-state index in [-0.39, 0.29) is 5.82 Å². The van der Waals surface area contributed by atoms with Crippen molar-refractivity contribution in [2.24, 2.45) is 0 Å². The zero-order chi connectivity index (χ0) is 13.8. The second kappa shape index (κ2) is 5.61. The average molecular weight is 258 g/mol. The van der Waals surface area contributed by atoms with Gasteiger partial charge in [-0.1, -0.05) is 12.1 Å². The van der Waals surface area contributed by atoms with Gasteiger partial charge in [-0.3, -0.25) is 4.79 Å². The normalized spacial score (nSPS) is 10.3. The number of anilines is 2. The number of nitrogens with zero attached hydrogens (tertiary/aromatic N) is 2. The van der Waals surface area contributed by atoms with Gasteiger partial charge in [-0.25, -0.2) is 9.37 Å². The van der Waals surface area contributed by atoms with E-state index in [1.54, 1.807) is 29.2 Å². The van der Waals surface area contributed by atoms with Crippen molar-refractivity contribution >= 4 is 17.8 Å². The summed E-state index contributed by atoms with van der Waals surface area (Å²) in [5.41, 5.74) is 1.85. The molecule has 0 aliphatic rings. The molecule has 1 aromatic carbocycles. The van der Waals surface area contributed by atoms with Crippen LogP contribution in [0.2, 0.25) is 0 Å². The number of carbonyl (C=O) groups is 1. The third-order valence-electron chi connectivity index (χ3n) is 2.92. The van der Waals surface area contributed by atoms with Gasteiger partial charge in [0.25, 0.3) is 0 Å². The fraction of sp³-hybridized carbons (Fsp3) is 0.200. The van der Waals surface area contributed by atoms with Crippen molar-refractivity contribution in [3.8, 4) is 0 Å². The highest BCUT2D eigenvalue weighted by Gasteiger charge is 2.15. The number of aryl methyl sites for hydroxylation is 1. The third-order valence-corrected chi connectivity index (χ3v) is 2.92. The molecular weight excluding hydrogens is 243 g/mol. The van der Waals surface area contributed by atoms with Crippen LogP contribution in [-0.2, 0) is 0 Å². The highest BCUT2D eigenvalue weighted by Crippen LogP contribution is 2.28. The molecule has 3 nitrogen and oxygen atoms in total. The summed E-state index contributed by atoms with van der Waals surface area (Å²) in [6.07, 6.45) is 2.25. The molecule has 0 fully saturated rings. The summed E-state index contributed by atoms with van der Waals surface area (Å²) < 4.78 is 13.9. The monoisotopic (exact) mass is 258 g/mol. The summed E-state index contributed by atoms with van der Waals surface area (Å²) in [6.45, 7) is 4.38. The predicted octanol–water partition coefficient (Wildman–Crippen LogP) is 3.50. The number of hydrogen-bond donors (Lipinski definition) is 0. The van der Waals surface area contributed by atoms with Crippen LogP contribution >= 0.6 is 0 Å². The summed E-state index contributed by atoms with van der Waals surface area (Å²) in [7, 11) is 0.